The summed E-state index contributed by atoms with van der Waals surface area (Å²) in [5.74, 6) is 0. The molecule has 0 aromatic carbocycles. The maximum Gasteiger partial charge on any atom is 0.330 e. The Balaban J connectivity index is 1.64. The highest BCUT2D eigenvalue weighted by Gasteiger charge is 2.47. The highest BCUT2D eigenvalue weighted by atomic mass is 31.3. The molecule has 11 atom stereocenters. The Kier molecular flexibility index (Phi) is 9.64. The third-order valence-corrected chi connectivity index (χ3v) is 7.86. The smallest absolute Gasteiger partial charge is 0.330 e. The molecule has 0 spiro atoms. The second-order valence-corrected chi connectivity index (χ2v) is 10.8. The third-order valence-electron chi connectivity index (χ3n) is 5.33. The SMILES string of the molecule is [N-]=[N+]=N[C@@H]1[C@@H](O)[C@@H](OP(=O)([O-])OP(=O)([O-])OC[C@H]2O[C@@H](n3ccc(=O)[nH]c3=O)[C@H](O)[C@@H]2O)O[C@H](CO)[C@H]1O. The first kappa shape index (κ1) is 30.5. The Bertz CT molecular complexity index is 1250. The molecule has 23 heteroatoms. The molecule has 2 unspecified atom stereocenters. The zero-order chi connectivity index (χ0) is 28.4. The Hall–Kier alpha value is -2.03. The summed E-state index contributed by atoms with van der Waals surface area (Å²) < 4.78 is 47.6. The average Bonchev–Trinajstić information content (AvgIpc) is 3.10. The van der Waals surface area contributed by atoms with Crippen molar-refractivity contribution < 1.29 is 67.3 Å². The van der Waals surface area contributed by atoms with Gasteiger partial charge in [0.1, 0.15) is 30.5 Å². The van der Waals surface area contributed by atoms with Crippen molar-refractivity contribution in [2.75, 3.05) is 13.2 Å². The number of ether oxygens (including phenoxy) is 2. The third kappa shape index (κ3) is 6.93. The molecular formula is C15H21N5O16P2-2. The minimum absolute atomic E-state index is 0.692. The van der Waals surface area contributed by atoms with E-state index in [9.17, 15) is 54.0 Å². The summed E-state index contributed by atoms with van der Waals surface area (Å²) in [6.07, 6.45) is -13.8. The van der Waals surface area contributed by atoms with Crippen molar-refractivity contribution in [2.24, 2.45) is 5.11 Å². The van der Waals surface area contributed by atoms with Crippen LogP contribution in [0.15, 0.2) is 27.0 Å². The van der Waals surface area contributed by atoms with Crippen LogP contribution in [0.3, 0.4) is 0 Å². The van der Waals surface area contributed by atoms with Gasteiger partial charge in [-0.1, -0.05) is 5.11 Å². The van der Waals surface area contributed by atoms with Gasteiger partial charge in [-0.3, -0.25) is 28.0 Å². The van der Waals surface area contributed by atoms with Gasteiger partial charge in [-0.05, 0) is 5.53 Å². The van der Waals surface area contributed by atoms with Gasteiger partial charge in [0.2, 0.25) is 0 Å². The predicted molar refractivity (Wildman–Crippen MR) is 111 cm³/mol. The Morgan fingerprint density at radius 1 is 1.08 bits per heavy atom. The summed E-state index contributed by atoms with van der Waals surface area (Å²) >= 11 is 0. The number of rotatable bonds is 10. The van der Waals surface area contributed by atoms with Crippen LogP contribution in [0, 0.1) is 0 Å². The van der Waals surface area contributed by atoms with Crippen LogP contribution in [0.25, 0.3) is 10.4 Å². The van der Waals surface area contributed by atoms with Gasteiger partial charge in [-0.2, -0.15) is 0 Å². The van der Waals surface area contributed by atoms with E-state index < -0.39 is 95.3 Å². The molecule has 2 saturated heterocycles. The Morgan fingerprint density at radius 2 is 1.76 bits per heavy atom. The van der Waals surface area contributed by atoms with Crippen LogP contribution >= 0.6 is 15.6 Å². The van der Waals surface area contributed by atoms with Gasteiger partial charge in [-0.25, -0.2) is 9.11 Å². The van der Waals surface area contributed by atoms with E-state index in [1.165, 1.54) is 0 Å². The molecule has 2 aliphatic rings. The molecule has 2 fully saturated rings. The van der Waals surface area contributed by atoms with Gasteiger partial charge in [0.05, 0.1) is 25.4 Å². The second-order valence-electron chi connectivity index (χ2n) is 7.84. The van der Waals surface area contributed by atoms with Gasteiger partial charge in [-0.15, -0.1) is 0 Å². The fourth-order valence-corrected chi connectivity index (χ4v) is 5.61. The number of phosphoric acid groups is 2. The molecule has 214 valence electrons. The van der Waals surface area contributed by atoms with Gasteiger partial charge >= 0.3 is 5.69 Å². The fourth-order valence-electron chi connectivity index (χ4n) is 3.53. The lowest BCUT2D eigenvalue weighted by Crippen LogP contribution is -2.58. The number of phosphoric ester groups is 2. The van der Waals surface area contributed by atoms with Crippen molar-refractivity contribution in [2.45, 2.75) is 55.2 Å². The van der Waals surface area contributed by atoms with E-state index in [1.807, 2.05) is 4.98 Å². The number of nitrogens with one attached hydrogen (secondary N) is 1. The molecule has 0 saturated carbocycles. The first-order valence-corrected chi connectivity index (χ1v) is 13.3. The van der Waals surface area contributed by atoms with Gasteiger partial charge in [0.25, 0.3) is 21.2 Å². The van der Waals surface area contributed by atoms with E-state index in [0.717, 1.165) is 12.3 Å². The lowest BCUT2D eigenvalue weighted by molar-refractivity contribution is -0.289. The van der Waals surface area contributed by atoms with Crippen LogP contribution in [0.5, 0.6) is 0 Å². The monoisotopic (exact) mass is 589 g/mol. The number of H-pyrrole nitrogens is 1. The van der Waals surface area contributed by atoms with Gasteiger partial charge < -0.3 is 49.3 Å². The molecule has 0 aliphatic carbocycles. The fraction of sp³-hybridized carbons (Fsp3) is 0.733. The second kappa shape index (κ2) is 12.0. The summed E-state index contributed by atoms with van der Waals surface area (Å²) in [6, 6.07) is -0.855. The summed E-state index contributed by atoms with van der Waals surface area (Å²) in [4.78, 5) is 51.5. The normalized spacial score (nSPS) is 36.7. The molecule has 0 amide bonds. The quantitative estimate of drug-likeness (QED) is 0.0645. The number of nitrogens with zero attached hydrogens (tertiary/aromatic N) is 4. The van der Waals surface area contributed by atoms with Gasteiger partial charge in [0.15, 0.2) is 12.5 Å². The lowest BCUT2D eigenvalue weighted by atomic mass is 9.97. The number of azide groups is 1. The summed E-state index contributed by atoms with van der Waals surface area (Å²) in [5.41, 5.74) is 6.76. The van der Waals surface area contributed by atoms with E-state index in [2.05, 4.69) is 23.4 Å². The molecule has 1 aromatic heterocycles. The number of hydrogen-bond acceptors (Lipinski definition) is 17. The van der Waals surface area contributed by atoms with E-state index in [-0.39, 0.29) is 0 Å². The van der Waals surface area contributed by atoms with Crippen LogP contribution < -0.4 is 21.0 Å². The molecule has 6 N–H and O–H groups in total. The number of aliphatic hydroxyl groups is 5. The topological polar surface area (TPSA) is 331 Å². The lowest BCUT2D eigenvalue weighted by Gasteiger charge is -2.42. The number of aromatic nitrogens is 2. The van der Waals surface area contributed by atoms with Crippen LogP contribution in [0.2, 0.25) is 0 Å². The van der Waals surface area contributed by atoms with Crippen molar-refractivity contribution in [3.63, 3.8) is 0 Å². The molecule has 3 heterocycles. The minimum atomic E-state index is -5.95. The maximum atomic E-state index is 12.1. The van der Waals surface area contributed by atoms with Crippen molar-refractivity contribution in [1.82, 2.24) is 9.55 Å². The number of aliphatic hydroxyl groups excluding tert-OH is 5. The average molecular weight is 589 g/mol. The van der Waals surface area contributed by atoms with Crippen LogP contribution in [0.1, 0.15) is 6.23 Å². The largest absolute Gasteiger partial charge is 0.756 e. The Labute approximate surface area is 210 Å². The van der Waals surface area contributed by atoms with E-state index in [0.29, 0.717) is 4.57 Å². The molecule has 21 nitrogen and oxygen atoms in total. The molecule has 0 radical (unpaired) electrons. The maximum absolute atomic E-state index is 12.1. The van der Waals surface area contributed by atoms with Gasteiger partial charge in [0, 0.05) is 17.2 Å². The van der Waals surface area contributed by atoms with Crippen LogP contribution in [-0.4, -0.2) is 97.3 Å². The number of aromatic amines is 1. The predicted octanol–water partition coefficient (Wildman–Crippen LogP) is -4.74. The molecule has 0 bridgehead atoms. The summed E-state index contributed by atoms with van der Waals surface area (Å²) in [6.45, 7) is -2.08. The molecule has 1 aromatic rings. The zero-order valence-electron chi connectivity index (χ0n) is 18.7. The molecular weight excluding hydrogens is 568 g/mol. The van der Waals surface area contributed by atoms with E-state index in [4.69, 9.17) is 15.0 Å². The number of hydrogen-bond donors (Lipinski definition) is 6. The van der Waals surface area contributed by atoms with Crippen LogP contribution in [-0.2, 0) is 32.0 Å². The zero-order valence-corrected chi connectivity index (χ0v) is 20.5. The van der Waals surface area contributed by atoms with Crippen molar-refractivity contribution in [1.29, 1.82) is 0 Å². The first-order chi connectivity index (χ1) is 17.7. The van der Waals surface area contributed by atoms with Crippen molar-refractivity contribution in [3.8, 4) is 0 Å². The first-order valence-electron chi connectivity index (χ1n) is 10.4. The highest BCUT2D eigenvalue weighted by molar-refractivity contribution is 7.59. The van der Waals surface area contributed by atoms with Crippen LogP contribution in [0.4, 0.5) is 0 Å². The van der Waals surface area contributed by atoms with Crippen molar-refractivity contribution in [3.05, 3.63) is 43.5 Å². The minimum Gasteiger partial charge on any atom is -0.756 e. The Morgan fingerprint density at radius 3 is 2.37 bits per heavy atom. The summed E-state index contributed by atoms with van der Waals surface area (Å²) in [5, 5.41) is 52.6. The molecule has 3 rings (SSSR count). The molecule has 38 heavy (non-hydrogen) atoms. The van der Waals surface area contributed by atoms with E-state index >= 15 is 0 Å². The molecule has 2 aliphatic heterocycles. The van der Waals surface area contributed by atoms with E-state index in [1.54, 1.807) is 0 Å². The van der Waals surface area contributed by atoms with Crippen molar-refractivity contribution >= 4 is 15.6 Å². The standard InChI is InChI=1S/C15H23N5O16P2/c16-19-18-8-9(23)5(3-21)34-14(11(8)25)35-38(30,31)36-37(28,29)32-4-6-10(24)12(26)13(33-6)20-2-1-7(22)17-15(20)27/h1-2,5-6,8-14,21,23-26H,3-4H2,(H,28,29)(H,30,31)(H,17,22,27)/p-2/t5-,6-,8+,9-,10-,11-,12-,13-,14-/m1/s1. The highest BCUT2D eigenvalue weighted by Crippen LogP contribution is 2.57. The summed E-state index contributed by atoms with van der Waals surface area (Å²) in [7, 11) is -11.8.